The Morgan fingerprint density at radius 1 is 1.32 bits per heavy atom. The molecule has 0 spiro atoms. The minimum absolute atomic E-state index is 0.0382. The van der Waals surface area contributed by atoms with Crippen molar-refractivity contribution in [3.8, 4) is 6.07 Å². The van der Waals surface area contributed by atoms with Gasteiger partial charge in [0.05, 0.1) is 11.6 Å². The lowest BCUT2D eigenvalue weighted by molar-refractivity contribution is 0.417. The lowest BCUT2D eigenvalue weighted by Crippen LogP contribution is -2.07. The van der Waals surface area contributed by atoms with E-state index in [0.717, 1.165) is 30.8 Å². The Labute approximate surface area is 135 Å². The Morgan fingerprint density at radius 3 is 2.64 bits per heavy atom. The van der Waals surface area contributed by atoms with Crippen molar-refractivity contribution < 1.29 is 4.39 Å². The van der Waals surface area contributed by atoms with Crippen LogP contribution >= 0.6 is 0 Å². The van der Waals surface area contributed by atoms with Gasteiger partial charge in [0.15, 0.2) is 0 Å². The van der Waals surface area contributed by atoms with Crippen molar-refractivity contribution in [2.75, 3.05) is 0 Å². The molecule has 1 aliphatic carbocycles. The highest BCUT2D eigenvalue weighted by molar-refractivity contribution is 5.39. The molecule has 22 heavy (non-hydrogen) atoms. The Hall–Kier alpha value is -1.36. The van der Waals surface area contributed by atoms with Crippen LogP contribution in [0.4, 0.5) is 4.39 Å². The number of hydrogen-bond acceptors (Lipinski definition) is 1. The van der Waals surface area contributed by atoms with E-state index in [4.69, 9.17) is 5.26 Å². The summed E-state index contributed by atoms with van der Waals surface area (Å²) in [6, 6.07) is 2.04. The van der Waals surface area contributed by atoms with Crippen molar-refractivity contribution in [3.05, 3.63) is 35.2 Å². The number of nitriles is 1. The first kappa shape index (κ1) is 18.7. The molecule has 1 nitrogen and oxygen atoms in total. The van der Waals surface area contributed by atoms with Crippen molar-refractivity contribution in [3.63, 3.8) is 0 Å². The molecule has 1 rings (SSSR count). The second-order valence-electron chi connectivity index (χ2n) is 6.63. The molecule has 0 aromatic carbocycles. The topological polar surface area (TPSA) is 23.8 Å². The number of nitrogens with zero attached hydrogens (tertiary/aromatic N) is 1. The molecule has 1 unspecified atom stereocenters. The summed E-state index contributed by atoms with van der Waals surface area (Å²) >= 11 is 0. The van der Waals surface area contributed by atoms with Crippen LogP contribution in [0.5, 0.6) is 0 Å². The van der Waals surface area contributed by atoms with Crippen LogP contribution < -0.4 is 0 Å². The Bertz CT molecular complexity index is 478. The molecule has 0 bridgehead atoms. The van der Waals surface area contributed by atoms with Crippen LogP contribution in [0.25, 0.3) is 0 Å². The fraction of sp³-hybridized carbons (Fsp3) is 0.650. The van der Waals surface area contributed by atoms with Gasteiger partial charge in [-0.1, -0.05) is 59.1 Å². The number of rotatable bonds is 7. The second kappa shape index (κ2) is 9.62. The molecule has 0 heterocycles. The highest BCUT2D eigenvalue weighted by atomic mass is 19.1. The third-order valence-electron chi connectivity index (χ3n) is 4.72. The van der Waals surface area contributed by atoms with E-state index in [1.807, 2.05) is 13.0 Å². The first-order valence-electron chi connectivity index (χ1n) is 8.71. The SMILES string of the molecule is CCC[C@H](C)CC[C@H](CC)C1=C/C(F)=C(/C#N)C(C)C/C=C\1. The average molecular weight is 303 g/mol. The van der Waals surface area contributed by atoms with Crippen LogP contribution in [0, 0.1) is 29.1 Å². The van der Waals surface area contributed by atoms with Crippen LogP contribution in [0.15, 0.2) is 35.2 Å². The molecule has 2 heteroatoms. The molecule has 0 N–H and O–H groups in total. The molecular formula is C20H30FN. The van der Waals surface area contributed by atoms with E-state index in [1.165, 1.54) is 19.3 Å². The van der Waals surface area contributed by atoms with Gasteiger partial charge in [-0.05, 0) is 48.7 Å². The van der Waals surface area contributed by atoms with Crippen LogP contribution in [-0.2, 0) is 0 Å². The highest BCUT2D eigenvalue weighted by Crippen LogP contribution is 2.30. The van der Waals surface area contributed by atoms with Gasteiger partial charge in [-0.25, -0.2) is 4.39 Å². The van der Waals surface area contributed by atoms with Gasteiger partial charge in [-0.15, -0.1) is 0 Å². The zero-order valence-corrected chi connectivity index (χ0v) is 14.5. The van der Waals surface area contributed by atoms with E-state index in [1.54, 1.807) is 6.08 Å². The summed E-state index contributed by atoms with van der Waals surface area (Å²) in [6.07, 6.45) is 12.3. The van der Waals surface area contributed by atoms with Gasteiger partial charge in [0.2, 0.25) is 0 Å². The number of allylic oxidation sites excluding steroid dienone is 6. The van der Waals surface area contributed by atoms with Crippen molar-refractivity contribution in [2.24, 2.45) is 17.8 Å². The van der Waals surface area contributed by atoms with Crippen LogP contribution in [0.1, 0.15) is 66.2 Å². The fourth-order valence-electron chi connectivity index (χ4n) is 3.18. The summed E-state index contributed by atoms with van der Waals surface area (Å²) in [7, 11) is 0. The normalized spacial score (nSPS) is 28.7. The van der Waals surface area contributed by atoms with E-state index in [0.29, 0.717) is 5.92 Å². The van der Waals surface area contributed by atoms with Crippen LogP contribution in [0.3, 0.4) is 0 Å². The van der Waals surface area contributed by atoms with Gasteiger partial charge < -0.3 is 0 Å². The molecule has 122 valence electrons. The average Bonchev–Trinajstić information content (AvgIpc) is 2.47. The maximum atomic E-state index is 14.4. The number of hydrogen-bond donors (Lipinski definition) is 0. The van der Waals surface area contributed by atoms with Crippen LogP contribution in [0.2, 0.25) is 0 Å². The second-order valence-corrected chi connectivity index (χ2v) is 6.63. The largest absolute Gasteiger partial charge is 0.206 e. The summed E-state index contributed by atoms with van der Waals surface area (Å²) in [6.45, 7) is 8.59. The first-order valence-corrected chi connectivity index (χ1v) is 8.71. The smallest absolute Gasteiger partial charge is 0.137 e. The zero-order valence-electron chi connectivity index (χ0n) is 14.5. The monoisotopic (exact) mass is 303 g/mol. The van der Waals surface area contributed by atoms with E-state index in [9.17, 15) is 4.39 Å². The van der Waals surface area contributed by atoms with Gasteiger partial charge in [0.25, 0.3) is 0 Å². The van der Waals surface area contributed by atoms with E-state index < -0.39 is 0 Å². The quantitative estimate of drug-likeness (QED) is 0.526. The van der Waals surface area contributed by atoms with Gasteiger partial charge in [-0.2, -0.15) is 5.26 Å². The maximum Gasteiger partial charge on any atom is 0.137 e. The summed E-state index contributed by atoms with van der Waals surface area (Å²) in [5.74, 6) is 0.736. The van der Waals surface area contributed by atoms with Gasteiger partial charge in [-0.3, -0.25) is 0 Å². The fourth-order valence-corrected chi connectivity index (χ4v) is 3.18. The lowest BCUT2D eigenvalue weighted by atomic mass is 9.85. The summed E-state index contributed by atoms with van der Waals surface area (Å²) < 4.78 is 14.4. The maximum absolute atomic E-state index is 14.4. The van der Waals surface area contributed by atoms with Crippen molar-refractivity contribution in [2.45, 2.75) is 66.2 Å². The van der Waals surface area contributed by atoms with E-state index in [-0.39, 0.29) is 17.3 Å². The lowest BCUT2D eigenvalue weighted by Gasteiger charge is -2.20. The first-order chi connectivity index (χ1) is 10.5. The zero-order chi connectivity index (χ0) is 16.5. The predicted octanol–water partition coefficient (Wildman–Crippen LogP) is 6.50. The molecule has 0 fully saturated rings. The predicted molar refractivity (Wildman–Crippen MR) is 91.8 cm³/mol. The van der Waals surface area contributed by atoms with Gasteiger partial charge >= 0.3 is 0 Å². The third-order valence-corrected chi connectivity index (χ3v) is 4.72. The van der Waals surface area contributed by atoms with E-state index in [2.05, 4.69) is 32.9 Å². The van der Waals surface area contributed by atoms with E-state index >= 15 is 0 Å². The number of halogens is 1. The third kappa shape index (κ3) is 5.44. The molecule has 0 amide bonds. The Balaban J connectivity index is 2.90. The molecule has 0 radical (unpaired) electrons. The summed E-state index contributed by atoms with van der Waals surface area (Å²) in [5, 5.41) is 9.16. The Morgan fingerprint density at radius 2 is 2.05 bits per heavy atom. The van der Waals surface area contributed by atoms with Crippen molar-refractivity contribution in [1.82, 2.24) is 0 Å². The van der Waals surface area contributed by atoms with Crippen molar-refractivity contribution in [1.29, 1.82) is 5.26 Å². The summed E-state index contributed by atoms with van der Waals surface area (Å²) in [4.78, 5) is 0. The summed E-state index contributed by atoms with van der Waals surface area (Å²) in [5.41, 5.74) is 1.33. The molecule has 3 atom stereocenters. The molecule has 1 aliphatic rings. The molecule has 0 saturated heterocycles. The molecular weight excluding hydrogens is 273 g/mol. The standard InChI is InChI=1S/C20H30FN/c1-5-8-15(3)11-12-17(6-2)18-10-7-9-16(4)19(14-22)20(21)13-18/h7,10,13,15-17H,5-6,8-9,11-12H2,1-4H3/b10-7-,18-13+,20-19+/t15-,16?,17-/m0/s1. The molecule has 0 aromatic heterocycles. The van der Waals surface area contributed by atoms with Crippen molar-refractivity contribution >= 4 is 0 Å². The Kier molecular flexibility index (Phi) is 8.17. The minimum atomic E-state index is -0.339. The molecule has 0 aliphatic heterocycles. The minimum Gasteiger partial charge on any atom is -0.206 e. The van der Waals surface area contributed by atoms with Crippen LogP contribution in [-0.4, -0.2) is 0 Å². The molecule has 0 saturated carbocycles. The molecule has 0 aromatic rings. The highest BCUT2D eigenvalue weighted by Gasteiger charge is 2.18. The van der Waals surface area contributed by atoms with Gasteiger partial charge in [0.1, 0.15) is 5.83 Å². The van der Waals surface area contributed by atoms with Gasteiger partial charge in [0, 0.05) is 0 Å².